The zero-order valence-corrected chi connectivity index (χ0v) is 12.1. The number of esters is 1. The number of quaternary nitrogens is 1. The van der Waals surface area contributed by atoms with E-state index in [2.05, 4.69) is 6.58 Å². The summed E-state index contributed by atoms with van der Waals surface area (Å²) in [5.41, 5.74) is 0.281. The summed E-state index contributed by atoms with van der Waals surface area (Å²) in [4.78, 5) is 11.2. The van der Waals surface area contributed by atoms with E-state index in [-0.39, 0.29) is 29.6 Å². The lowest BCUT2D eigenvalue weighted by atomic mass is 10.3. The first-order valence-electron chi connectivity index (χ1n) is 5.62. The maximum atomic E-state index is 11.2. The van der Waals surface area contributed by atoms with Crippen molar-refractivity contribution in [3.8, 4) is 0 Å². The summed E-state index contributed by atoms with van der Waals surface area (Å²) in [5.74, 6) is -0.520. The number of carbonyl (C=O) groups excluding carboxylic acids is 1. The summed E-state index contributed by atoms with van der Waals surface area (Å²) < 4.78 is 38.2. The molecule has 106 valence electrons. The van der Waals surface area contributed by atoms with Crippen LogP contribution in [0.25, 0.3) is 0 Å². The molecule has 0 bridgehead atoms. The lowest BCUT2D eigenvalue weighted by molar-refractivity contribution is -0.901. The first-order valence-corrected chi connectivity index (χ1v) is 7.09. The SMILES string of the molecule is C=C(C)C(=O)OCC[N+](C)(C)C(CC)S(=O)(=O)[O-]. The summed E-state index contributed by atoms with van der Waals surface area (Å²) in [6, 6.07) is 0. The van der Waals surface area contributed by atoms with Gasteiger partial charge >= 0.3 is 5.97 Å². The molecular formula is C11H21NO5S. The molecule has 0 saturated carbocycles. The minimum absolute atomic E-state index is 0.0359. The number of likely N-dealkylation sites (N-methyl/N-ethyl adjacent to an activating group) is 1. The molecule has 0 heterocycles. The fourth-order valence-electron chi connectivity index (χ4n) is 1.69. The lowest BCUT2D eigenvalue weighted by Crippen LogP contribution is -2.54. The molecule has 1 unspecified atom stereocenters. The van der Waals surface area contributed by atoms with Gasteiger partial charge in [-0.15, -0.1) is 0 Å². The van der Waals surface area contributed by atoms with Crippen LogP contribution in [0.2, 0.25) is 0 Å². The Labute approximate surface area is 109 Å². The van der Waals surface area contributed by atoms with Gasteiger partial charge in [-0.2, -0.15) is 0 Å². The summed E-state index contributed by atoms with van der Waals surface area (Å²) in [5, 5.41) is -1.04. The topological polar surface area (TPSA) is 83.5 Å². The molecular weight excluding hydrogens is 258 g/mol. The third-order valence-corrected chi connectivity index (χ3v) is 4.28. The molecule has 0 aliphatic rings. The Balaban J connectivity index is 4.56. The Hall–Kier alpha value is -0.920. The van der Waals surface area contributed by atoms with Crippen molar-refractivity contribution in [2.75, 3.05) is 27.2 Å². The molecule has 0 aliphatic carbocycles. The van der Waals surface area contributed by atoms with Crippen molar-refractivity contribution >= 4 is 16.1 Å². The Morgan fingerprint density at radius 2 is 1.94 bits per heavy atom. The van der Waals surface area contributed by atoms with Gasteiger partial charge in [-0.05, 0) is 6.92 Å². The van der Waals surface area contributed by atoms with Crippen molar-refractivity contribution in [2.45, 2.75) is 25.6 Å². The van der Waals surface area contributed by atoms with Crippen molar-refractivity contribution in [3.63, 3.8) is 0 Å². The Morgan fingerprint density at radius 3 is 2.28 bits per heavy atom. The van der Waals surface area contributed by atoms with Gasteiger partial charge in [-0.1, -0.05) is 13.5 Å². The summed E-state index contributed by atoms with van der Waals surface area (Å²) >= 11 is 0. The molecule has 0 aromatic carbocycles. The van der Waals surface area contributed by atoms with Crippen LogP contribution in [-0.4, -0.2) is 56.0 Å². The second-order valence-corrected chi connectivity index (χ2v) is 6.30. The number of ether oxygens (including phenoxy) is 1. The number of carbonyl (C=O) groups is 1. The van der Waals surface area contributed by atoms with Gasteiger partial charge in [0.2, 0.25) is 0 Å². The van der Waals surface area contributed by atoms with Gasteiger partial charge in [-0.25, -0.2) is 13.2 Å². The van der Waals surface area contributed by atoms with E-state index in [0.29, 0.717) is 0 Å². The zero-order valence-electron chi connectivity index (χ0n) is 11.3. The highest BCUT2D eigenvalue weighted by Gasteiger charge is 2.32. The minimum Gasteiger partial charge on any atom is -0.743 e. The monoisotopic (exact) mass is 279 g/mol. The van der Waals surface area contributed by atoms with Crippen molar-refractivity contribution in [1.29, 1.82) is 0 Å². The predicted octanol–water partition coefficient (Wildman–Crippen LogP) is 0.463. The van der Waals surface area contributed by atoms with Gasteiger partial charge in [0.15, 0.2) is 5.37 Å². The molecule has 0 spiro atoms. The van der Waals surface area contributed by atoms with Crippen molar-refractivity contribution < 1.29 is 27.0 Å². The molecule has 0 radical (unpaired) electrons. The van der Waals surface area contributed by atoms with E-state index in [1.54, 1.807) is 21.0 Å². The molecule has 0 amide bonds. The van der Waals surface area contributed by atoms with E-state index >= 15 is 0 Å². The average molecular weight is 279 g/mol. The largest absolute Gasteiger partial charge is 0.743 e. The van der Waals surface area contributed by atoms with Crippen LogP contribution in [0.3, 0.4) is 0 Å². The highest BCUT2D eigenvalue weighted by Crippen LogP contribution is 2.15. The van der Waals surface area contributed by atoms with Gasteiger partial charge in [-0.3, -0.25) is 0 Å². The lowest BCUT2D eigenvalue weighted by Gasteiger charge is -2.38. The van der Waals surface area contributed by atoms with Gasteiger partial charge in [0.25, 0.3) is 0 Å². The number of nitrogens with zero attached hydrogens (tertiary/aromatic N) is 1. The molecule has 6 nitrogen and oxygen atoms in total. The summed E-state index contributed by atoms with van der Waals surface area (Å²) in [7, 11) is -1.13. The molecule has 0 aromatic rings. The van der Waals surface area contributed by atoms with E-state index in [4.69, 9.17) is 4.74 Å². The fourth-order valence-corrected chi connectivity index (χ4v) is 2.90. The predicted molar refractivity (Wildman–Crippen MR) is 66.5 cm³/mol. The highest BCUT2D eigenvalue weighted by molar-refractivity contribution is 7.86. The van der Waals surface area contributed by atoms with Crippen LogP contribution in [0.1, 0.15) is 20.3 Å². The quantitative estimate of drug-likeness (QED) is 0.293. The zero-order chi connectivity index (χ0) is 14.6. The molecule has 0 fully saturated rings. The van der Waals surface area contributed by atoms with E-state index in [9.17, 15) is 17.8 Å². The average Bonchev–Trinajstić information content (AvgIpc) is 2.14. The summed E-state index contributed by atoms with van der Waals surface area (Å²) in [6.07, 6.45) is 0.216. The molecule has 7 heteroatoms. The maximum absolute atomic E-state index is 11.2. The van der Waals surface area contributed by atoms with Gasteiger partial charge in [0, 0.05) is 12.0 Å². The van der Waals surface area contributed by atoms with Crippen LogP contribution in [0, 0.1) is 0 Å². The van der Waals surface area contributed by atoms with E-state index in [1.807, 2.05) is 0 Å². The molecule has 0 N–H and O–H groups in total. The summed E-state index contributed by atoms with van der Waals surface area (Å²) in [6.45, 7) is 6.90. The van der Waals surface area contributed by atoms with Gasteiger partial charge in [0.1, 0.15) is 23.3 Å². The Morgan fingerprint density at radius 1 is 1.44 bits per heavy atom. The van der Waals surface area contributed by atoms with Gasteiger partial charge in [0.05, 0.1) is 14.1 Å². The van der Waals surface area contributed by atoms with Crippen LogP contribution in [-0.2, 0) is 19.6 Å². The van der Waals surface area contributed by atoms with Crippen LogP contribution >= 0.6 is 0 Å². The molecule has 0 aromatic heterocycles. The minimum atomic E-state index is -4.38. The Kier molecular flexibility index (Phi) is 5.98. The van der Waals surface area contributed by atoms with E-state index in [1.165, 1.54) is 6.92 Å². The van der Waals surface area contributed by atoms with E-state index in [0.717, 1.165) is 0 Å². The van der Waals surface area contributed by atoms with Crippen molar-refractivity contribution in [1.82, 2.24) is 0 Å². The third-order valence-electron chi connectivity index (χ3n) is 2.71. The number of hydrogen-bond acceptors (Lipinski definition) is 5. The standard InChI is InChI=1S/C11H21NO5S/c1-6-10(18(14,15)16)12(4,5)7-8-17-11(13)9(2)3/h10H,2,6-8H2,1,3-5H3. The van der Waals surface area contributed by atoms with Crippen LogP contribution in [0.5, 0.6) is 0 Å². The Bertz CT molecular complexity index is 413. The van der Waals surface area contributed by atoms with Crippen molar-refractivity contribution in [2.24, 2.45) is 0 Å². The van der Waals surface area contributed by atoms with Crippen molar-refractivity contribution in [3.05, 3.63) is 12.2 Å². The van der Waals surface area contributed by atoms with Crippen LogP contribution < -0.4 is 0 Å². The van der Waals surface area contributed by atoms with Gasteiger partial charge < -0.3 is 13.8 Å². The molecule has 1 atom stereocenters. The van der Waals surface area contributed by atoms with Crippen LogP contribution in [0.4, 0.5) is 0 Å². The second kappa shape index (κ2) is 6.31. The first kappa shape index (κ1) is 17.1. The number of hydrogen-bond donors (Lipinski definition) is 0. The molecule has 18 heavy (non-hydrogen) atoms. The second-order valence-electron chi connectivity index (χ2n) is 4.77. The van der Waals surface area contributed by atoms with Crippen LogP contribution in [0.15, 0.2) is 12.2 Å². The normalized spacial score (nSPS) is 14.1. The van der Waals surface area contributed by atoms with E-state index < -0.39 is 21.5 Å². The third kappa shape index (κ3) is 5.16. The molecule has 0 rings (SSSR count). The fraction of sp³-hybridized carbons (Fsp3) is 0.727. The smallest absolute Gasteiger partial charge is 0.333 e. The number of rotatable bonds is 7. The highest BCUT2D eigenvalue weighted by atomic mass is 32.2. The first-order chi connectivity index (χ1) is 8.02. The molecule has 0 saturated heterocycles. The maximum Gasteiger partial charge on any atom is 0.333 e. The molecule has 0 aliphatic heterocycles.